The van der Waals surface area contributed by atoms with Gasteiger partial charge in [-0.1, -0.05) is 61.2 Å². The van der Waals surface area contributed by atoms with Crippen LogP contribution in [0.3, 0.4) is 0 Å². The van der Waals surface area contributed by atoms with Crippen LogP contribution in [-0.4, -0.2) is 259 Å². The van der Waals surface area contributed by atoms with Gasteiger partial charge in [0.25, 0.3) is 11.8 Å². The zero-order valence-corrected chi connectivity index (χ0v) is 91.6. The predicted octanol–water partition coefficient (Wildman–Crippen LogP) is 20.6. The highest BCUT2D eigenvalue weighted by Crippen LogP contribution is 2.50. The molecule has 13 rings (SSSR count). The number of nitrogens with one attached hydrogen (secondary N) is 1. The monoisotopic (exact) mass is 1920 g/mol. The molecule has 0 unspecified atom stereocenters. The Labute approximate surface area is 823 Å². The Hall–Kier alpha value is -6.36. The lowest BCUT2D eigenvalue weighted by atomic mass is 9.75. The Morgan fingerprint density at radius 3 is 0.985 bits per heavy atom. The van der Waals surface area contributed by atoms with Crippen LogP contribution < -0.4 is 11.1 Å². The second-order valence-corrected chi connectivity index (χ2v) is 51.4. The first-order valence-corrected chi connectivity index (χ1v) is 49.2. The maximum Gasteiger partial charge on any atom is 0.338 e. The second kappa shape index (κ2) is 44.1. The highest BCUT2D eigenvalue weighted by molar-refractivity contribution is 6.13. The summed E-state index contributed by atoms with van der Waals surface area (Å²) in [6, 6.07) is 24.1. The number of piperidine rings is 8. The minimum Gasteiger partial charge on any atom is -0.459 e. The van der Waals surface area contributed by atoms with Gasteiger partial charge >= 0.3 is 11.9 Å². The minimum atomic E-state index is -0.463. The number of amides is 3. The number of imide groups is 1. The van der Waals surface area contributed by atoms with Crippen molar-refractivity contribution in [2.45, 2.75) is 508 Å². The lowest BCUT2D eigenvalue weighted by Gasteiger charge is -2.52. The summed E-state index contributed by atoms with van der Waals surface area (Å²) in [5, 5.41) is 118. The molecule has 0 radical (unpaired) electrons. The first-order chi connectivity index (χ1) is 61.7. The Morgan fingerprint density at radius 2 is 0.679 bits per heavy atom. The Kier molecular flexibility index (Phi) is 39.0. The number of hydrogen-bond acceptors (Lipinski definition) is 28. The van der Waals surface area contributed by atoms with Gasteiger partial charge in [-0.3, -0.25) is 19.3 Å². The first kappa shape index (κ1) is 121. The Balaban J connectivity index is 0.000000274. The number of hydroxylamine groups is 18. The highest BCUT2D eigenvalue weighted by Gasteiger charge is 2.54. The molecule has 0 aliphatic carbocycles. The molecule has 8 fully saturated rings. The number of methoxy groups -OCH3 is 1. The molecule has 3 aromatic carbocycles. The molecule has 0 saturated carbocycles. The number of nitrogens with zero attached hydrogens (tertiary/aromatic N) is 11. The van der Waals surface area contributed by atoms with Gasteiger partial charge in [-0.05, 0) is 374 Å². The minimum absolute atomic E-state index is 0.00186. The largest absolute Gasteiger partial charge is 0.459 e. The first-order valence-electron chi connectivity index (χ1n) is 49.2. The number of carbonyl (C=O) groups excluding carboxylic acids is 5. The van der Waals surface area contributed by atoms with Gasteiger partial charge in [0, 0.05) is 170 Å². The van der Waals surface area contributed by atoms with Gasteiger partial charge in [-0.25, -0.2) is 9.59 Å². The molecule has 10 aliphatic rings. The zero-order chi connectivity index (χ0) is 106. The van der Waals surface area contributed by atoms with Crippen LogP contribution >= 0.6 is 0 Å². The molecule has 10 heterocycles. The van der Waals surface area contributed by atoms with E-state index < -0.39 is 33.2 Å². The van der Waals surface area contributed by atoms with E-state index in [0.29, 0.717) is 49.7 Å². The molecule has 30 nitrogen and oxygen atoms in total. The van der Waals surface area contributed by atoms with Crippen molar-refractivity contribution in [2.24, 2.45) is 11.7 Å². The topological polar surface area (TPSA) is 389 Å². The molecule has 12 N–H and O–H groups in total. The summed E-state index contributed by atoms with van der Waals surface area (Å²) in [6.07, 6.45) is 16.0. The predicted molar refractivity (Wildman–Crippen MR) is 537 cm³/mol. The fraction of sp³-hybridized carbons (Fsp3) is 0.757. The SMILES string of the molecule is C=C(C)C(=O)OC1CC(C)(C)N(O)C(C)(C)C1.CC(=O)NC1CC(C)(C)N(O)C(C)(C)C1.CC1(C)CC(C#N)CC(C)(C)N1O.CC1(C)CC(N)CC(C)(C)N1O.CC1(C)CC(N2C(=O)C=CC2=O)CC(C)(C)N1O.CC1(C)CC(OC(=O)c2ccccc2)CC(C)(C)N1O.CC1(C)CCCC(C)(C)N1O.CC1(C)c2cccc3cccc(c23)C(C)(C)N1O.COC1CC(C)(C)N(O)C(C)(C)C1. The number of benzene rings is 3. The summed E-state index contributed by atoms with van der Waals surface area (Å²) in [7, 11) is 1.74. The second-order valence-electron chi connectivity index (χ2n) is 51.4. The summed E-state index contributed by atoms with van der Waals surface area (Å²) in [6.45, 7) is 78.7. The van der Waals surface area contributed by atoms with Crippen LogP contribution in [0.1, 0.15) is 394 Å². The molecular weight excluding hydrogens is 1740 g/mol. The van der Waals surface area contributed by atoms with Crippen LogP contribution in [0.4, 0.5) is 0 Å². The molecule has 8 saturated heterocycles. The zero-order valence-electron chi connectivity index (χ0n) is 91.6. The molecule has 0 atom stereocenters. The standard InChI is InChI=1S/C16H23NO3.C16H19NO.C13H20N2O3.C13H23NO3.C11H22N2O2.C10H18N2O.C10H21NO2.C9H20N2O.C9H19NO/c1-15(2)10-13(11-16(3,4)17(15)19)20-14(18)12-8-6-5-7-9-12;1-15(2)12-9-5-7-11-8-6-10-13(14(11)12)16(3,4)17(15)18;1-12(2)7-9(8-13(3,4)15(12)18)14-10(16)5-6-11(14)17;1-9(2)11(15)17-10-7-12(3,4)14(16)13(5,6)8-10;1-8(14)12-9-6-10(2,3)13(15)11(4,5)7-9;1-9(2)5-8(7-11)6-10(3,4)12(9)13;1-9(2)6-8(13-5)7-10(3,4)11(9)12;1-8(2)5-7(10)6-9(3,4)11(8)12;1-8(2)6-5-7-9(3,4)10(8)11/h5-9,13,19H,10-11H2,1-4H3;5-10,18H,1-4H3;5-6,9,18H,7-8H2,1-4H3;10,16H,1,7-8H2,2-6H3;9,15H,6-7H2,1-5H3,(H,12,14);8,13H,5-6H2,1-4H3;8,12H,6-7H2,1-5H3;7,12H,5-6,10H2,1-4H3;11H,5-7H2,1-4H3. The van der Waals surface area contributed by atoms with Crippen molar-refractivity contribution < 1.29 is 85.0 Å². The number of nitriles is 1. The maximum atomic E-state index is 12.1. The molecule has 0 bridgehead atoms. The average molecular weight is 1930 g/mol. The van der Waals surface area contributed by atoms with Gasteiger partial charge in [0.05, 0.1) is 28.8 Å². The highest BCUT2D eigenvalue weighted by atomic mass is 16.6. The molecule has 137 heavy (non-hydrogen) atoms. The van der Waals surface area contributed by atoms with E-state index in [9.17, 15) is 70.8 Å². The third-order valence-corrected chi connectivity index (χ3v) is 29.4. The van der Waals surface area contributed by atoms with Gasteiger partial charge in [0.1, 0.15) is 12.2 Å². The van der Waals surface area contributed by atoms with E-state index in [2.05, 4.69) is 110 Å². The molecule has 10 aliphatic heterocycles. The summed E-state index contributed by atoms with van der Waals surface area (Å²) in [5.74, 6) is -1.08. The number of carbonyl (C=O) groups is 5. The van der Waals surface area contributed by atoms with Crippen molar-refractivity contribution in [1.82, 2.24) is 55.8 Å². The van der Waals surface area contributed by atoms with Crippen molar-refractivity contribution >= 4 is 40.4 Å². The fourth-order valence-electron chi connectivity index (χ4n) is 23.7. The normalized spacial score (nSPS) is 26.2. The fourth-order valence-corrected chi connectivity index (χ4v) is 23.7. The summed E-state index contributed by atoms with van der Waals surface area (Å²) < 4.78 is 16.4. The molecule has 0 aromatic heterocycles. The number of esters is 2. The lowest BCUT2D eigenvalue weighted by molar-refractivity contribution is -0.259. The molecule has 30 heteroatoms. The summed E-state index contributed by atoms with van der Waals surface area (Å²) in [4.78, 5) is 59.4. The summed E-state index contributed by atoms with van der Waals surface area (Å²) in [5.41, 5.74) is 3.94. The van der Waals surface area contributed by atoms with E-state index in [4.69, 9.17) is 25.2 Å². The van der Waals surface area contributed by atoms with Crippen molar-refractivity contribution in [1.29, 1.82) is 5.26 Å². The van der Waals surface area contributed by atoms with E-state index in [0.717, 1.165) is 64.2 Å². The van der Waals surface area contributed by atoms with Gasteiger partial charge in [-0.15, -0.1) is 0 Å². The van der Waals surface area contributed by atoms with E-state index in [-0.39, 0.29) is 138 Å². The number of rotatable bonds is 7. The van der Waals surface area contributed by atoms with Crippen LogP contribution in [-0.2, 0) is 44.5 Å². The molecule has 0 spiro atoms. The van der Waals surface area contributed by atoms with E-state index in [1.165, 1.54) is 97.9 Å². The maximum absolute atomic E-state index is 12.1. The van der Waals surface area contributed by atoms with Crippen molar-refractivity contribution in [3.05, 3.63) is 108 Å². The van der Waals surface area contributed by atoms with Crippen molar-refractivity contribution in [3.8, 4) is 6.07 Å². The van der Waals surface area contributed by atoms with Crippen LogP contribution in [0.25, 0.3) is 10.8 Å². The third kappa shape index (κ3) is 30.2. The Morgan fingerprint density at radius 1 is 0.387 bits per heavy atom. The lowest BCUT2D eigenvalue weighted by Crippen LogP contribution is -2.63. The number of hydrogen-bond donors (Lipinski definition) is 11. The van der Waals surface area contributed by atoms with Crippen LogP contribution in [0.15, 0.2) is 91.0 Å². The van der Waals surface area contributed by atoms with Gasteiger partial charge in [0.2, 0.25) is 5.91 Å². The number of ether oxygens (including phenoxy) is 3. The smallest absolute Gasteiger partial charge is 0.338 e. The summed E-state index contributed by atoms with van der Waals surface area (Å²) >= 11 is 0. The molecular formula is C107H185N13O17. The molecule has 3 aromatic rings. The van der Waals surface area contributed by atoms with Crippen LogP contribution in [0, 0.1) is 17.2 Å². The van der Waals surface area contributed by atoms with Crippen LogP contribution in [0.2, 0.25) is 0 Å². The van der Waals surface area contributed by atoms with Gasteiger partial charge in [0.15, 0.2) is 0 Å². The van der Waals surface area contributed by atoms with Gasteiger partial charge < -0.3 is 72.1 Å². The molecule has 3 amide bonds. The van der Waals surface area contributed by atoms with Crippen molar-refractivity contribution in [2.75, 3.05) is 7.11 Å². The Bertz CT molecular complexity index is 4440. The van der Waals surface area contributed by atoms with Crippen LogP contribution in [0.5, 0.6) is 0 Å². The third-order valence-electron chi connectivity index (χ3n) is 29.4. The van der Waals surface area contributed by atoms with E-state index >= 15 is 0 Å². The van der Waals surface area contributed by atoms with E-state index in [1.807, 2.05) is 212 Å². The van der Waals surface area contributed by atoms with E-state index in [1.54, 1.807) is 26.2 Å². The van der Waals surface area contributed by atoms with Crippen molar-refractivity contribution in [3.63, 3.8) is 0 Å². The number of nitrogens with two attached hydrogens (primary N) is 1. The quantitative estimate of drug-likeness (QED) is 0.0594. The van der Waals surface area contributed by atoms with Gasteiger partial charge in [-0.2, -0.15) is 50.8 Å². The molecule has 780 valence electrons. The average Bonchev–Trinajstić information content (AvgIpc) is 1.56.